The van der Waals surface area contributed by atoms with E-state index < -0.39 is 0 Å². The van der Waals surface area contributed by atoms with Gasteiger partial charge in [0.15, 0.2) is 0 Å². The molecule has 0 aromatic rings. The normalized spacial score (nSPS) is 35.0. The van der Waals surface area contributed by atoms with E-state index in [2.05, 4.69) is 20.8 Å². The van der Waals surface area contributed by atoms with Gasteiger partial charge in [-0.3, -0.25) is 0 Å². The molecular formula is C10H21NO. The summed E-state index contributed by atoms with van der Waals surface area (Å²) in [7, 11) is 0. The number of hydrogen-bond acceptors (Lipinski definition) is 2. The largest absolute Gasteiger partial charge is 0.378 e. The second-order valence-corrected chi connectivity index (χ2v) is 4.10. The van der Waals surface area contributed by atoms with Gasteiger partial charge < -0.3 is 10.5 Å². The molecule has 2 N–H and O–H groups in total. The molecule has 1 rings (SSSR count). The summed E-state index contributed by atoms with van der Waals surface area (Å²) in [5.74, 6) is 1.22. The van der Waals surface area contributed by atoms with Gasteiger partial charge in [0.2, 0.25) is 0 Å². The Hall–Kier alpha value is -0.0800. The lowest BCUT2D eigenvalue weighted by molar-refractivity contribution is 0.116. The van der Waals surface area contributed by atoms with Gasteiger partial charge in [-0.25, -0.2) is 0 Å². The van der Waals surface area contributed by atoms with Crippen LogP contribution in [0.1, 0.15) is 33.6 Å². The molecule has 1 saturated heterocycles. The molecule has 0 radical (unpaired) electrons. The summed E-state index contributed by atoms with van der Waals surface area (Å²) in [5, 5.41) is 0. The first kappa shape index (κ1) is 10.0. The molecule has 1 heterocycles. The Morgan fingerprint density at radius 3 is 2.67 bits per heavy atom. The summed E-state index contributed by atoms with van der Waals surface area (Å²) in [4.78, 5) is 0. The highest BCUT2D eigenvalue weighted by Crippen LogP contribution is 2.25. The summed E-state index contributed by atoms with van der Waals surface area (Å²) in [6, 6.07) is 0.333. The molecule has 4 atom stereocenters. The van der Waals surface area contributed by atoms with Crippen LogP contribution in [-0.4, -0.2) is 18.8 Å². The van der Waals surface area contributed by atoms with Gasteiger partial charge in [-0.05, 0) is 19.3 Å². The van der Waals surface area contributed by atoms with Crippen molar-refractivity contribution in [3.05, 3.63) is 0 Å². The molecule has 0 aromatic carbocycles. The maximum Gasteiger partial charge on any atom is 0.0551 e. The van der Waals surface area contributed by atoms with E-state index >= 15 is 0 Å². The molecule has 1 aliphatic heterocycles. The van der Waals surface area contributed by atoms with Gasteiger partial charge in [0.1, 0.15) is 0 Å². The highest BCUT2D eigenvalue weighted by Gasteiger charge is 2.29. The highest BCUT2D eigenvalue weighted by atomic mass is 16.5. The maximum atomic E-state index is 6.12. The topological polar surface area (TPSA) is 35.2 Å². The average Bonchev–Trinajstić information content (AvgIpc) is 2.49. The Morgan fingerprint density at radius 2 is 2.25 bits per heavy atom. The van der Waals surface area contributed by atoms with Crippen LogP contribution in [0.5, 0.6) is 0 Å². The van der Waals surface area contributed by atoms with Gasteiger partial charge in [-0.15, -0.1) is 0 Å². The van der Waals surface area contributed by atoms with Crippen molar-refractivity contribution < 1.29 is 4.74 Å². The summed E-state index contributed by atoms with van der Waals surface area (Å²) in [6.45, 7) is 7.42. The van der Waals surface area contributed by atoms with Gasteiger partial charge in [0.05, 0.1) is 12.7 Å². The molecular weight excluding hydrogens is 150 g/mol. The molecule has 0 spiro atoms. The van der Waals surface area contributed by atoms with Crippen molar-refractivity contribution in [1.29, 1.82) is 0 Å². The summed E-state index contributed by atoms with van der Waals surface area (Å²) >= 11 is 0. The van der Waals surface area contributed by atoms with Crippen molar-refractivity contribution in [2.45, 2.75) is 45.8 Å². The van der Waals surface area contributed by atoms with E-state index in [1.54, 1.807) is 0 Å². The quantitative estimate of drug-likeness (QED) is 0.702. The molecule has 4 unspecified atom stereocenters. The number of ether oxygens (including phenoxy) is 1. The van der Waals surface area contributed by atoms with Gasteiger partial charge in [0, 0.05) is 12.0 Å². The molecule has 2 heteroatoms. The van der Waals surface area contributed by atoms with Gasteiger partial charge in [-0.1, -0.05) is 20.3 Å². The van der Waals surface area contributed by atoms with Crippen LogP contribution in [0.4, 0.5) is 0 Å². The standard InChI is InChI=1S/C10H21NO/c1-4-7(2)10(11)9-5-8(3)12-6-9/h7-10H,4-6,11H2,1-3H3. The van der Waals surface area contributed by atoms with E-state index in [0.717, 1.165) is 13.0 Å². The molecule has 0 aliphatic carbocycles. The minimum atomic E-state index is 0.333. The zero-order valence-corrected chi connectivity index (χ0v) is 8.42. The van der Waals surface area contributed by atoms with Crippen LogP contribution in [0.25, 0.3) is 0 Å². The van der Waals surface area contributed by atoms with Crippen LogP contribution < -0.4 is 5.73 Å². The lowest BCUT2D eigenvalue weighted by Gasteiger charge is -2.23. The first-order valence-electron chi connectivity index (χ1n) is 5.02. The Bertz CT molecular complexity index is 138. The summed E-state index contributed by atoms with van der Waals surface area (Å²) in [6.07, 6.45) is 2.74. The first-order chi connectivity index (χ1) is 5.65. The lowest BCUT2D eigenvalue weighted by Crippen LogP contribution is -2.36. The second kappa shape index (κ2) is 4.24. The van der Waals surface area contributed by atoms with Crippen LogP contribution in [0.2, 0.25) is 0 Å². The predicted molar refractivity (Wildman–Crippen MR) is 51.0 cm³/mol. The van der Waals surface area contributed by atoms with E-state index in [4.69, 9.17) is 10.5 Å². The second-order valence-electron chi connectivity index (χ2n) is 4.10. The maximum absolute atomic E-state index is 6.12. The van der Waals surface area contributed by atoms with Crippen molar-refractivity contribution >= 4 is 0 Å². The van der Waals surface area contributed by atoms with Gasteiger partial charge in [0.25, 0.3) is 0 Å². The molecule has 12 heavy (non-hydrogen) atoms. The smallest absolute Gasteiger partial charge is 0.0551 e. The van der Waals surface area contributed by atoms with Crippen molar-refractivity contribution in [1.82, 2.24) is 0 Å². The third-order valence-corrected chi connectivity index (χ3v) is 3.07. The molecule has 0 bridgehead atoms. The number of nitrogens with two attached hydrogens (primary N) is 1. The molecule has 0 saturated carbocycles. The van der Waals surface area contributed by atoms with Crippen LogP contribution in [0.15, 0.2) is 0 Å². The first-order valence-corrected chi connectivity index (χ1v) is 5.02. The summed E-state index contributed by atoms with van der Waals surface area (Å²) < 4.78 is 5.50. The number of hydrogen-bond donors (Lipinski definition) is 1. The summed E-state index contributed by atoms with van der Waals surface area (Å²) in [5.41, 5.74) is 6.12. The minimum absolute atomic E-state index is 0.333. The van der Waals surface area contributed by atoms with E-state index in [1.165, 1.54) is 6.42 Å². The molecule has 1 fully saturated rings. The van der Waals surface area contributed by atoms with E-state index in [0.29, 0.717) is 24.0 Å². The predicted octanol–water partition coefficient (Wildman–Crippen LogP) is 1.78. The Kier molecular flexibility index (Phi) is 3.53. The van der Waals surface area contributed by atoms with Crippen LogP contribution in [0.3, 0.4) is 0 Å². The van der Waals surface area contributed by atoms with Crippen molar-refractivity contribution in [3.8, 4) is 0 Å². The zero-order chi connectivity index (χ0) is 9.14. The fraction of sp³-hybridized carbons (Fsp3) is 1.00. The molecule has 0 amide bonds. The highest BCUT2D eigenvalue weighted by molar-refractivity contribution is 4.82. The molecule has 0 aromatic heterocycles. The van der Waals surface area contributed by atoms with E-state index in [-0.39, 0.29) is 0 Å². The zero-order valence-electron chi connectivity index (χ0n) is 8.42. The molecule has 1 aliphatic rings. The lowest BCUT2D eigenvalue weighted by atomic mass is 9.87. The van der Waals surface area contributed by atoms with E-state index in [1.807, 2.05) is 0 Å². The van der Waals surface area contributed by atoms with Crippen molar-refractivity contribution in [2.75, 3.05) is 6.61 Å². The van der Waals surface area contributed by atoms with Crippen molar-refractivity contribution in [2.24, 2.45) is 17.6 Å². The average molecular weight is 171 g/mol. The Labute approximate surface area is 75.5 Å². The SMILES string of the molecule is CCC(C)C(N)C1COC(C)C1. The molecule has 2 nitrogen and oxygen atoms in total. The fourth-order valence-corrected chi connectivity index (χ4v) is 1.86. The number of rotatable bonds is 3. The van der Waals surface area contributed by atoms with Gasteiger partial charge >= 0.3 is 0 Å². The monoisotopic (exact) mass is 171 g/mol. The van der Waals surface area contributed by atoms with Crippen molar-refractivity contribution in [3.63, 3.8) is 0 Å². The Balaban J connectivity index is 2.37. The van der Waals surface area contributed by atoms with Gasteiger partial charge in [-0.2, -0.15) is 0 Å². The minimum Gasteiger partial charge on any atom is -0.378 e. The van der Waals surface area contributed by atoms with Crippen LogP contribution in [-0.2, 0) is 4.74 Å². The van der Waals surface area contributed by atoms with E-state index in [9.17, 15) is 0 Å². The third kappa shape index (κ3) is 2.20. The Morgan fingerprint density at radius 1 is 1.58 bits per heavy atom. The molecule has 72 valence electrons. The fourth-order valence-electron chi connectivity index (χ4n) is 1.86. The van der Waals surface area contributed by atoms with Crippen LogP contribution in [0, 0.1) is 11.8 Å². The third-order valence-electron chi connectivity index (χ3n) is 3.07. The van der Waals surface area contributed by atoms with Crippen LogP contribution >= 0.6 is 0 Å².